The van der Waals surface area contributed by atoms with Gasteiger partial charge in [0.15, 0.2) is 0 Å². The molecule has 0 N–H and O–H groups in total. The highest BCUT2D eigenvalue weighted by molar-refractivity contribution is 8.28. The fourth-order valence-electron chi connectivity index (χ4n) is 0.643. The Labute approximate surface area is 89.1 Å². The molecule has 1 aliphatic heterocycles. The summed E-state index contributed by atoms with van der Waals surface area (Å²) in [5.74, 6) is 0. The van der Waals surface area contributed by atoms with Crippen molar-refractivity contribution < 1.29 is 0 Å². The maximum absolute atomic E-state index is 8.57. The Bertz CT molecular complexity index is 457. The van der Waals surface area contributed by atoms with Crippen LogP contribution in [0.4, 0.5) is 0 Å². The number of hydrogen-bond donors (Lipinski definition) is 0. The summed E-state index contributed by atoms with van der Waals surface area (Å²) < 4.78 is 0.423. The number of thioether (sulfide) groups is 2. The van der Waals surface area contributed by atoms with Crippen LogP contribution < -0.4 is 0 Å². The predicted molar refractivity (Wildman–Crippen MR) is 53.7 cm³/mol. The highest BCUT2D eigenvalue weighted by Crippen LogP contribution is 2.51. The van der Waals surface area contributed by atoms with Crippen molar-refractivity contribution in [1.82, 2.24) is 0 Å². The molecule has 64 valence electrons. The largest absolute Gasteiger partial charge is 0.242 e. The fraction of sp³-hybridized carbons (Fsp3) is 0. The molecule has 0 aromatic carbocycles. The number of nitriles is 2. The second-order valence-electron chi connectivity index (χ2n) is 1.92. The van der Waals surface area contributed by atoms with Gasteiger partial charge in [0.1, 0.15) is 17.7 Å². The van der Waals surface area contributed by atoms with Crippen molar-refractivity contribution in [2.45, 2.75) is 0 Å². The Balaban J connectivity index is 3.11. The summed E-state index contributed by atoms with van der Waals surface area (Å²) in [5.41, 5.74) is -0.0419. The van der Waals surface area contributed by atoms with Gasteiger partial charge in [0.25, 0.3) is 0 Å². The van der Waals surface area contributed by atoms with Crippen molar-refractivity contribution in [2.24, 2.45) is 0 Å². The standard InChI is InChI=1S/C8N4S2/c1-11-6-7(12-2)14-8(13-6)5(3-9)4-10. The van der Waals surface area contributed by atoms with Crippen molar-refractivity contribution in [2.75, 3.05) is 0 Å². The Morgan fingerprint density at radius 3 is 1.79 bits per heavy atom. The first-order valence-corrected chi connectivity index (χ1v) is 4.79. The Morgan fingerprint density at radius 1 is 1.07 bits per heavy atom. The lowest BCUT2D eigenvalue weighted by Gasteiger charge is -1.92. The van der Waals surface area contributed by atoms with Crippen molar-refractivity contribution >= 4 is 23.5 Å². The third-order valence-electron chi connectivity index (χ3n) is 1.19. The quantitative estimate of drug-likeness (QED) is 0.461. The van der Waals surface area contributed by atoms with Gasteiger partial charge in [-0.3, -0.25) is 0 Å². The average Bonchev–Trinajstić information content (AvgIpc) is 2.63. The van der Waals surface area contributed by atoms with Gasteiger partial charge in [0.05, 0.1) is 17.4 Å². The molecule has 1 aliphatic rings. The van der Waals surface area contributed by atoms with Crippen LogP contribution in [0.15, 0.2) is 19.9 Å². The van der Waals surface area contributed by atoms with E-state index in [1.54, 1.807) is 12.1 Å². The molecule has 0 radical (unpaired) electrons. The third-order valence-corrected chi connectivity index (χ3v) is 3.56. The minimum atomic E-state index is -0.0419. The van der Waals surface area contributed by atoms with Crippen molar-refractivity contribution in [3.05, 3.63) is 42.7 Å². The third kappa shape index (κ3) is 1.73. The topological polar surface area (TPSA) is 56.3 Å². The van der Waals surface area contributed by atoms with Crippen LogP contribution in [0.25, 0.3) is 9.69 Å². The van der Waals surface area contributed by atoms with E-state index in [1.165, 1.54) is 0 Å². The van der Waals surface area contributed by atoms with Crippen LogP contribution in [-0.4, -0.2) is 0 Å². The van der Waals surface area contributed by atoms with E-state index in [-0.39, 0.29) is 15.6 Å². The number of rotatable bonds is 0. The first kappa shape index (κ1) is 10.2. The van der Waals surface area contributed by atoms with Gasteiger partial charge in [-0.1, -0.05) is 0 Å². The van der Waals surface area contributed by atoms with E-state index in [2.05, 4.69) is 9.69 Å². The monoisotopic (exact) mass is 216 g/mol. The zero-order valence-electron chi connectivity index (χ0n) is 6.61. The molecule has 0 amide bonds. The van der Waals surface area contributed by atoms with E-state index in [9.17, 15) is 0 Å². The smallest absolute Gasteiger partial charge is 0.240 e. The Morgan fingerprint density at radius 2 is 1.50 bits per heavy atom. The summed E-state index contributed by atoms with van der Waals surface area (Å²) in [6.45, 7) is 13.6. The second kappa shape index (κ2) is 4.40. The summed E-state index contributed by atoms with van der Waals surface area (Å²) in [5, 5.41) is 17.6. The Hall–Kier alpha value is -1.86. The van der Waals surface area contributed by atoms with Crippen LogP contribution in [0.1, 0.15) is 0 Å². The number of nitrogens with zero attached hydrogens (tertiary/aromatic N) is 4. The maximum atomic E-state index is 8.57. The molecule has 1 rings (SSSR count). The minimum absolute atomic E-state index is 0.0419. The molecule has 0 atom stereocenters. The molecule has 0 spiro atoms. The van der Waals surface area contributed by atoms with Crippen molar-refractivity contribution in [3.8, 4) is 12.1 Å². The molecule has 0 aromatic heterocycles. The first-order valence-electron chi connectivity index (χ1n) is 3.16. The van der Waals surface area contributed by atoms with E-state index >= 15 is 0 Å². The summed E-state index contributed by atoms with van der Waals surface area (Å²) in [7, 11) is 0. The molecule has 0 aromatic rings. The molecule has 0 bridgehead atoms. The summed E-state index contributed by atoms with van der Waals surface area (Å²) in [4.78, 5) is 6.29. The predicted octanol–water partition coefficient (Wildman–Crippen LogP) is 2.69. The zero-order valence-corrected chi connectivity index (χ0v) is 8.24. The second-order valence-corrected chi connectivity index (χ2v) is 4.18. The summed E-state index contributed by atoms with van der Waals surface area (Å²) in [6.07, 6.45) is 0. The van der Waals surface area contributed by atoms with Crippen LogP contribution in [0, 0.1) is 35.8 Å². The van der Waals surface area contributed by atoms with E-state index in [0.29, 0.717) is 4.24 Å². The molecular weight excluding hydrogens is 216 g/mol. The van der Waals surface area contributed by atoms with Gasteiger partial charge in [-0.25, -0.2) is 9.69 Å². The van der Waals surface area contributed by atoms with Crippen molar-refractivity contribution in [1.29, 1.82) is 10.5 Å². The fourth-order valence-corrected chi connectivity index (χ4v) is 2.63. The molecule has 6 heteroatoms. The lowest BCUT2D eigenvalue weighted by atomic mass is 10.4. The first-order chi connectivity index (χ1) is 6.76. The van der Waals surface area contributed by atoms with Gasteiger partial charge in [-0.2, -0.15) is 10.5 Å². The van der Waals surface area contributed by atoms with Crippen LogP contribution in [0.5, 0.6) is 0 Å². The van der Waals surface area contributed by atoms with Crippen LogP contribution in [0.2, 0.25) is 0 Å². The molecular formula is C8N4S2. The summed E-state index contributed by atoms with van der Waals surface area (Å²) in [6, 6.07) is 3.45. The van der Waals surface area contributed by atoms with Gasteiger partial charge >= 0.3 is 0 Å². The van der Waals surface area contributed by atoms with Crippen LogP contribution >= 0.6 is 23.5 Å². The van der Waals surface area contributed by atoms with Gasteiger partial charge in [0.2, 0.25) is 10.1 Å². The van der Waals surface area contributed by atoms with E-state index in [0.717, 1.165) is 23.5 Å². The summed E-state index contributed by atoms with van der Waals surface area (Å²) >= 11 is 2.02. The van der Waals surface area contributed by atoms with Crippen LogP contribution in [-0.2, 0) is 0 Å². The highest BCUT2D eigenvalue weighted by atomic mass is 32.2. The van der Waals surface area contributed by atoms with Gasteiger partial charge in [0, 0.05) is 0 Å². The molecule has 0 fully saturated rings. The molecule has 0 aliphatic carbocycles. The average molecular weight is 216 g/mol. The molecule has 1 heterocycles. The van der Waals surface area contributed by atoms with E-state index < -0.39 is 0 Å². The van der Waals surface area contributed by atoms with Gasteiger partial charge in [-0.05, 0) is 0 Å². The zero-order chi connectivity index (χ0) is 10.6. The lowest BCUT2D eigenvalue weighted by molar-refractivity contribution is 1.47. The molecule has 0 unspecified atom stereocenters. The van der Waals surface area contributed by atoms with E-state index in [4.69, 9.17) is 23.7 Å². The maximum Gasteiger partial charge on any atom is 0.240 e. The number of hydrogen-bond acceptors (Lipinski definition) is 4. The van der Waals surface area contributed by atoms with Crippen molar-refractivity contribution in [3.63, 3.8) is 0 Å². The normalized spacial score (nSPS) is 13.9. The molecule has 0 saturated heterocycles. The highest BCUT2D eigenvalue weighted by Gasteiger charge is 2.24. The van der Waals surface area contributed by atoms with Gasteiger partial charge in [-0.15, -0.1) is 23.5 Å². The Kier molecular flexibility index (Phi) is 3.21. The molecule has 4 nitrogen and oxygen atoms in total. The molecule has 14 heavy (non-hydrogen) atoms. The van der Waals surface area contributed by atoms with Crippen LogP contribution in [0.3, 0.4) is 0 Å². The number of allylic oxidation sites excluding steroid dienone is 1. The van der Waals surface area contributed by atoms with E-state index in [1.807, 2.05) is 0 Å². The molecule has 0 saturated carbocycles. The van der Waals surface area contributed by atoms with Gasteiger partial charge < -0.3 is 0 Å². The lowest BCUT2D eigenvalue weighted by Crippen LogP contribution is -1.73. The SMILES string of the molecule is [C-]#[N+]C1=C([N+]#[C-])SC(=C(C#N)C#N)S1. The minimum Gasteiger partial charge on any atom is -0.242 e.